The number of benzene rings is 2. The normalized spacial score (nSPS) is 13.9. The van der Waals surface area contributed by atoms with E-state index in [-0.39, 0.29) is 0 Å². The summed E-state index contributed by atoms with van der Waals surface area (Å²) in [5.41, 5.74) is 6.78. The maximum Gasteiger partial charge on any atom is 0.114 e. The number of pyridine rings is 1. The van der Waals surface area contributed by atoms with Crippen molar-refractivity contribution in [3.8, 4) is 28.5 Å². The molecule has 0 saturated carbocycles. The van der Waals surface area contributed by atoms with Crippen molar-refractivity contribution in [3.05, 3.63) is 65.9 Å². The molecule has 1 aliphatic heterocycles. The molecule has 0 fully saturated rings. The summed E-state index contributed by atoms with van der Waals surface area (Å²) in [4.78, 5) is 4.66. The number of nitriles is 1. The molecule has 0 unspecified atom stereocenters. The highest BCUT2D eigenvalue weighted by Crippen LogP contribution is 2.33. The van der Waals surface area contributed by atoms with Crippen LogP contribution >= 0.6 is 0 Å². The maximum atomic E-state index is 9.27. The van der Waals surface area contributed by atoms with Gasteiger partial charge in [0.1, 0.15) is 8.07 Å². The molecular formula is C21H18N2Si. The number of aryl methyl sites for hydroxylation is 1. The predicted octanol–water partition coefficient (Wildman–Crippen LogP) is 3.73. The lowest BCUT2D eigenvalue weighted by molar-refractivity contribution is 1.27. The van der Waals surface area contributed by atoms with E-state index in [0.717, 1.165) is 11.3 Å². The fourth-order valence-corrected chi connectivity index (χ4v) is 7.24. The quantitative estimate of drug-likeness (QED) is 0.639. The Morgan fingerprint density at radius 1 is 0.958 bits per heavy atom. The maximum absolute atomic E-state index is 9.27. The van der Waals surface area contributed by atoms with Crippen LogP contribution in [0.25, 0.3) is 22.4 Å². The summed E-state index contributed by atoms with van der Waals surface area (Å²) in [5.74, 6) is 0. The van der Waals surface area contributed by atoms with E-state index in [1.54, 1.807) is 0 Å². The van der Waals surface area contributed by atoms with Crippen molar-refractivity contribution in [2.45, 2.75) is 20.0 Å². The first-order chi connectivity index (χ1) is 11.5. The van der Waals surface area contributed by atoms with E-state index in [1.165, 1.54) is 32.6 Å². The topological polar surface area (TPSA) is 36.7 Å². The second-order valence-electron chi connectivity index (χ2n) is 6.95. The Balaban J connectivity index is 2.00. The Morgan fingerprint density at radius 2 is 1.75 bits per heavy atom. The lowest BCUT2D eigenvalue weighted by Gasteiger charge is -2.22. The number of nitrogens with zero attached hydrogens (tertiary/aromatic N) is 2. The summed E-state index contributed by atoms with van der Waals surface area (Å²) >= 11 is 0. The Hall–Kier alpha value is -2.70. The molecule has 0 N–H and O–H groups in total. The van der Waals surface area contributed by atoms with Gasteiger partial charge in [0.25, 0.3) is 0 Å². The number of hydrogen-bond donors (Lipinski definition) is 0. The molecular weight excluding hydrogens is 308 g/mol. The van der Waals surface area contributed by atoms with Gasteiger partial charge in [-0.3, -0.25) is 4.98 Å². The smallest absolute Gasteiger partial charge is 0.114 e. The molecule has 24 heavy (non-hydrogen) atoms. The molecule has 4 rings (SSSR count). The fourth-order valence-electron chi connectivity index (χ4n) is 3.79. The van der Waals surface area contributed by atoms with Gasteiger partial charge in [-0.2, -0.15) is 5.26 Å². The first-order valence-corrected chi connectivity index (χ1v) is 11.1. The average Bonchev–Trinajstić information content (AvgIpc) is 2.83. The second kappa shape index (κ2) is 5.15. The van der Waals surface area contributed by atoms with Gasteiger partial charge in [0, 0.05) is 11.8 Å². The monoisotopic (exact) mass is 326 g/mol. The summed E-state index contributed by atoms with van der Waals surface area (Å²) in [6.07, 6.45) is 1.93. The molecule has 0 aliphatic carbocycles. The molecule has 3 aromatic rings. The molecule has 3 heteroatoms. The van der Waals surface area contributed by atoms with Crippen molar-refractivity contribution in [1.82, 2.24) is 4.98 Å². The van der Waals surface area contributed by atoms with Crippen molar-refractivity contribution >= 4 is 18.4 Å². The van der Waals surface area contributed by atoms with Gasteiger partial charge in [-0.1, -0.05) is 43.4 Å². The lowest BCUT2D eigenvalue weighted by atomic mass is 10.0. The summed E-state index contributed by atoms with van der Waals surface area (Å²) in [6.45, 7) is 6.80. The van der Waals surface area contributed by atoms with Crippen molar-refractivity contribution < 1.29 is 0 Å². The summed E-state index contributed by atoms with van der Waals surface area (Å²) in [7, 11) is -1.86. The van der Waals surface area contributed by atoms with Gasteiger partial charge in [0.2, 0.25) is 0 Å². The highest BCUT2D eigenvalue weighted by molar-refractivity contribution is 7.04. The minimum absolute atomic E-state index is 0.747. The standard InChI is InChI=1S/C21H18N2Si/c1-14-7-10-19(23-13-14)18-6-4-5-17-16-9-8-15(12-22)11-20(16)24(2,3)21(17)18/h4-11,13H,1-3H3. The summed E-state index contributed by atoms with van der Waals surface area (Å²) in [6, 6.07) is 19.1. The van der Waals surface area contributed by atoms with E-state index in [0.29, 0.717) is 0 Å². The van der Waals surface area contributed by atoms with Crippen molar-refractivity contribution in [1.29, 1.82) is 5.26 Å². The average molecular weight is 326 g/mol. The highest BCUT2D eigenvalue weighted by atomic mass is 28.3. The van der Waals surface area contributed by atoms with Crippen molar-refractivity contribution in [2.75, 3.05) is 0 Å². The van der Waals surface area contributed by atoms with Crippen LogP contribution in [-0.4, -0.2) is 13.1 Å². The number of hydrogen-bond acceptors (Lipinski definition) is 2. The van der Waals surface area contributed by atoms with E-state index < -0.39 is 8.07 Å². The van der Waals surface area contributed by atoms with Crippen LogP contribution in [0.15, 0.2) is 54.7 Å². The van der Waals surface area contributed by atoms with Crippen LogP contribution in [0, 0.1) is 18.3 Å². The second-order valence-corrected chi connectivity index (χ2v) is 11.2. The Bertz CT molecular complexity index is 995. The third-order valence-electron chi connectivity index (χ3n) is 4.99. The third-order valence-corrected chi connectivity index (χ3v) is 8.54. The Morgan fingerprint density at radius 3 is 2.46 bits per heavy atom. The van der Waals surface area contributed by atoms with Crippen molar-refractivity contribution in [3.63, 3.8) is 0 Å². The van der Waals surface area contributed by atoms with Gasteiger partial charge >= 0.3 is 0 Å². The van der Waals surface area contributed by atoms with Gasteiger partial charge in [-0.05, 0) is 52.2 Å². The SMILES string of the molecule is Cc1ccc(-c2cccc3c2[Si](C)(C)c2cc(C#N)ccc2-3)nc1. The van der Waals surface area contributed by atoms with Crippen LogP contribution in [0.1, 0.15) is 11.1 Å². The predicted molar refractivity (Wildman–Crippen MR) is 101 cm³/mol. The summed E-state index contributed by atoms with van der Waals surface area (Å²) in [5, 5.41) is 12.1. The molecule has 2 heterocycles. The molecule has 2 nitrogen and oxygen atoms in total. The molecule has 0 saturated heterocycles. The number of aromatic nitrogens is 1. The van der Waals surface area contributed by atoms with Crippen LogP contribution in [0.2, 0.25) is 13.1 Å². The highest BCUT2D eigenvalue weighted by Gasteiger charge is 2.39. The molecule has 1 aromatic heterocycles. The molecule has 2 aromatic carbocycles. The van der Waals surface area contributed by atoms with Crippen LogP contribution in [0.3, 0.4) is 0 Å². The van der Waals surface area contributed by atoms with E-state index in [9.17, 15) is 5.26 Å². The minimum Gasteiger partial charge on any atom is -0.256 e. The molecule has 0 spiro atoms. The number of fused-ring (bicyclic) bond motifs is 3. The minimum atomic E-state index is -1.86. The Kier molecular flexibility index (Phi) is 3.19. The number of rotatable bonds is 1. The largest absolute Gasteiger partial charge is 0.256 e. The third kappa shape index (κ3) is 2.04. The van der Waals surface area contributed by atoms with E-state index in [2.05, 4.69) is 73.5 Å². The molecule has 0 amide bonds. The zero-order valence-electron chi connectivity index (χ0n) is 14.1. The lowest BCUT2D eigenvalue weighted by Crippen LogP contribution is -2.50. The van der Waals surface area contributed by atoms with Gasteiger partial charge in [0.15, 0.2) is 0 Å². The van der Waals surface area contributed by atoms with Crippen LogP contribution < -0.4 is 10.4 Å². The van der Waals surface area contributed by atoms with Crippen molar-refractivity contribution in [2.24, 2.45) is 0 Å². The summed E-state index contributed by atoms with van der Waals surface area (Å²) < 4.78 is 0. The first-order valence-electron chi connectivity index (χ1n) is 8.14. The van der Waals surface area contributed by atoms with Crippen LogP contribution in [0.5, 0.6) is 0 Å². The van der Waals surface area contributed by atoms with Gasteiger partial charge in [0.05, 0.1) is 17.3 Å². The van der Waals surface area contributed by atoms with Crippen LogP contribution in [-0.2, 0) is 0 Å². The zero-order valence-corrected chi connectivity index (χ0v) is 15.1. The molecule has 116 valence electrons. The molecule has 0 radical (unpaired) electrons. The first kappa shape index (κ1) is 14.9. The molecule has 0 atom stereocenters. The molecule has 0 bridgehead atoms. The van der Waals surface area contributed by atoms with E-state index in [4.69, 9.17) is 0 Å². The Labute approximate surface area is 143 Å². The van der Waals surface area contributed by atoms with Gasteiger partial charge in [-0.15, -0.1) is 0 Å². The van der Waals surface area contributed by atoms with Gasteiger partial charge in [-0.25, -0.2) is 0 Å². The van der Waals surface area contributed by atoms with E-state index in [1.807, 2.05) is 12.3 Å². The van der Waals surface area contributed by atoms with Gasteiger partial charge < -0.3 is 0 Å². The van der Waals surface area contributed by atoms with E-state index >= 15 is 0 Å². The van der Waals surface area contributed by atoms with Crippen LogP contribution in [0.4, 0.5) is 0 Å². The molecule has 1 aliphatic rings. The zero-order chi connectivity index (χ0) is 16.9. The fraction of sp³-hybridized carbons (Fsp3) is 0.143.